The first kappa shape index (κ1) is 24.7. The summed E-state index contributed by atoms with van der Waals surface area (Å²) in [7, 11) is 3.53. The minimum absolute atomic E-state index is 0.0289. The van der Waals surface area contributed by atoms with Crippen molar-refractivity contribution in [2.75, 3.05) is 26.7 Å². The molecule has 1 aliphatic rings. The molecule has 2 N–H and O–H groups in total. The lowest BCUT2D eigenvalue weighted by Gasteiger charge is -2.37. The Bertz CT molecular complexity index is 1230. The first-order valence-electron chi connectivity index (χ1n) is 11.9. The molecule has 2 aromatic heterocycles. The predicted molar refractivity (Wildman–Crippen MR) is 133 cm³/mol. The number of imidazole rings is 1. The number of nitrogens with zero attached hydrogens (tertiary/aromatic N) is 4. The van der Waals surface area contributed by atoms with Crippen LogP contribution in [-0.2, 0) is 11.8 Å². The maximum absolute atomic E-state index is 11.6. The van der Waals surface area contributed by atoms with Gasteiger partial charge < -0.3 is 19.5 Å². The van der Waals surface area contributed by atoms with E-state index in [4.69, 9.17) is 4.74 Å². The van der Waals surface area contributed by atoms with E-state index in [9.17, 15) is 15.0 Å². The lowest BCUT2D eigenvalue weighted by molar-refractivity contribution is -0.139. The van der Waals surface area contributed by atoms with Crippen LogP contribution in [0.3, 0.4) is 0 Å². The molecule has 3 atom stereocenters. The fourth-order valence-electron chi connectivity index (χ4n) is 4.95. The highest BCUT2D eigenvalue weighted by molar-refractivity contribution is 5.83. The number of hydrogen-bond acceptors (Lipinski definition) is 6. The van der Waals surface area contributed by atoms with Gasteiger partial charge in [-0.2, -0.15) is 0 Å². The van der Waals surface area contributed by atoms with E-state index >= 15 is 0 Å². The molecule has 3 heterocycles. The first-order valence-corrected chi connectivity index (χ1v) is 11.9. The summed E-state index contributed by atoms with van der Waals surface area (Å²) in [4.78, 5) is 22.3. The molecule has 8 heteroatoms. The van der Waals surface area contributed by atoms with Crippen LogP contribution in [-0.4, -0.2) is 62.4 Å². The molecule has 1 saturated heterocycles. The summed E-state index contributed by atoms with van der Waals surface area (Å²) in [5.74, 6) is 6.54. The number of aromatic nitrogens is 3. The average molecular weight is 477 g/mol. The number of aryl methyl sites for hydroxylation is 1. The quantitative estimate of drug-likeness (QED) is 0.481. The van der Waals surface area contributed by atoms with Crippen LogP contribution in [0, 0.1) is 23.7 Å². The van der Waals surface area contributed by atoms with Gasteiger partial charge in [0.25, 0.3) is 0 Å². The molecule has 1 fully saturated rings. The van der Waals surface area contributed by atoms with Gasteiger partial charge in [-0.05, 0) is 73.4 Å². The van der Waals surface area contributed by atoms with Crippen molar-refractivity contribution in [3.8, 4) is 17.6 Å². The van der Waals surface area contributed by atoms with Crippen molar-refractivity contribution in [3.05, 3.63) is 54.2 Å². The summed E-state index contributed by atoms with van der Waals surface area (Å²) in [6, 6.07) is 7.50. The summed E-state index contributed by atoms with van der Waals surface area (Å²) in [6.07, 6.45) is 6.87. The van der Waals surface area contributed by atoms with Crippen LogP contribution >= 0.6 is 0 Å². The van der Waals surface area contributed by atoms with Crippen molar-refractivity contribution in [3.63, 3.8) is 0 Å². The Labute approximate surface area is 205 Å². The van der Waals surface area contributed by atoms with Crippen molar-refractivity contribution >= 4 is 16.9 Å². The number of fused-ring (bicyclic) bond motifs is 1. The molecule has 0 bridgehead atoms. The number of carboxylic acids is 1. The summed E-state index contributed by atoms with van der Waals surface area (Å²) in [5.41, 5.74) is 2.50. The Morgan fingerprint density at radius 3 is 2.91 bits per heavy atom. The highest BCUT2D eigenvalue weighted by Crippen LogP contribution is 2.34. The highest BCUT2D eigenvalue weighted by atomic mass is 16.5. The van der Waals surface area contributed by atoms with E-state index in [1.54, 1.807) is 25.8 Å². The Hall–Kier alpha value is -3.41. The molecule has 1 aromatic carbocycles. The average Bonchev–Trinajstić information content (AvgIpc) is 3.26. The number of aliphatic hydroxyl groups is 1. The Balaban J connectivity index is 1.39. The van der Waals surface area contributed by atoms with Crippen molar-refractivity contribution in [2.45, 2.75) is 31.8 Å². The van der Waals surface area contributed by atoms with Crippen LogP contribution in [0.4, 0.5) is 0 Å². The zero-order valence-electron chi connectivity index (χ0n) is 20.2. The molecule has 8 nitrogen and oxygen atoms in total. The number of hydrogen-bond donors (Lipinski definition) is 2. The minimum Gasteiger partial charge on any atom is -0.497 e. The van der Waals surface area contributed by atoms with Gasteiger partial charge in [0.05, 0.1) is 37.8 Å². The number of likely N-dealkylation sites (tertiary alicyclic amines) is 1. The lowest BCUT2D eigenvalue weighted by Crippen LogP contribution is -2.41. The summed E-state index contributed by atoms with van der Waals surface area (Å²) < 4.78 is 7.22. The van der Waals surface area contributed by atoms with Crippen molar-refractivity contribution in [1.29, 1.82) is 0 Å². The number of carboxylic acid groups (broad SMARTS) is 1. The van der Waals surface area contributed by atoms with E-state index in [1.807, 2.05) is 35.9 Å². The topological polar surface area (TPSA) is 101 Å². The van der Waals surface area contributed by atoms with Crippen molar-refractivity contribution < 1.29 is 19.7 Å². The third-order valence-corrected chi connectivity index (χ3v) is 6.90. The van der Waals surface area contributed by atoms with Gasteiger partial charge in [-0.1, -0.05) is 5.92 Å². The molecule has 1 unspecified atom stereocenters. The Morgan fingerprint density at radius 2 is 2.17 bits per heavy atom. The number of piperidine rings is 1. The number of ether oxygens (including phenoxy) is 1. The zero-order valence-corrected chi connectivity index (χ0v) is 20.2. The van der Waals surface area contributed by atoms with E-state index in [2.05, 4.69) is 26.7 Å². The molecule has 1 aliphatic heterocycles. The molecule has 0 radical (unpaired) electrons. The molecule has 0 saturated carbocycles. The molecule has 3 aromatic rings. The van der Waals surface area contributed by atoms with Crippen LogP contribution in [0.5, 0.6) is 5.75 Å². The normalized spacial score (nSPS) is 19.2. The number of rotatable bonds is 8. The van der Waals surface area contributed by atoms with Crippen LogP contribution in [0.2, 0.25) is 0 Å². The number of aliphatic carboxylic acids is 1. The van der Waals surface area contributed by atoms with Gasteiger partial charge in [0.1, 0.15) is 11.4 Å². The predicted octanol–water partition coefficient (Wildman–Crippen LogP) is 3.26. The van der Waals surface area contributed by atoms with Crippen LogP contribution in [0.1, 0.15) is 43.0 Å². The van der Waals surface area contributed by atoms with Crippen LogP contribution in [0.25, 0.3) is 10.9 Å². The van der Waals surface area contributed by atoms with Crippen molar-refractivity contribution in [2.24, 2.45) is 18.9 Å². The second kappa shape index (κ2) is 11.3. The SMILES string of the molecule is COc1ccc2nccc(C(O)CC[C@@H]3CCN(CC#Cc4cncn4C)C[C@@H]3CC(=O)O)c2c1. The maximum Gasteiger partial charge on any atom is 0.303 e. The Morgan fingerprint density at radius 1 is 1.31 bits per heavy atom. The molecule has 0 aliphatic carbocycles. The van der Waals surface area contributed by atoms with Gasteiger partial charge in [0.2, 0.25) is 0 Å². The van der Waals surface area contributed by atoms with Gasteiger partial charge in [-0.3, -0.25) is 14.7 Å². The fourth-order valence-corrected chi connectivity index (χ4v) is 4.95. The summed E-state index contributed by atoms with van der Waals surface area (Å²) >= 11 is 0. The number of aliphatic hydroxyl groups excluding tert-OH is 1. The largest absolute Gasteiger partial charge is 0.497 e. The molecule has 4 rings (SSSR count). The molecule has 184 valence electrons. The third kappa shape index (κ3) is 6.18. The van der Waals surface area contributed by atoms with Gasteiger partial charge >= 0.3 is 5.97 Å². The van der Waals surface area contributed by atoms with E-state index in [-0.39, 0.29) is 18.3 Å². The van der Waals surface area contributed by atoms with E-state index in [1.165, 1.54) is 0 Å². The number of carbonyl (C=O) groups is 1. The standard InChI is InChI=1S/C27H32N4O4/c1-30-18-28-16-21(30)4-3-12-31-13-10-19(20(17-31)14-27(33)34)5-8-26(32)23-9-11-29-25-7-6-22(35-2)15-24(23)25/h6-7,9,11,15-16,18-20,26,32H,5,8,10,12-14,17H2,1-2H3,(H,33,34)/t19-,20+,26?/m1/s1. The third-order valence-electron chi connectivity index (χ3n) is 6.90. The molecule has 0 spiro atoms. The van der Waals surface area contributed by atoms with Crippen LogP contribution in [0.15, 0.2) is 43.0 Å². The molecule has 35 heavy (non-hydrogen) atoms. The van der Waals surface area contributed by atoms with E-state index in [0.29, 0.717) is 19.5 Å². The van der Waals surface area contributed by atoms with Crippen molar-refractivity contribution in [1.82, 2.24) is 19.4 Å². The summed E-state index contributed by atoms with van der Waals surface area (Å²) in [6.45, 7) is 2.16. The maximum atomic E-state index is 11.6. The molecule has 0 amide bonds. The van der Waals surface area contributed by atoms with Gasteiger partial charge in [-0.25, -0.2) is 4.98 Å². The highest BCUT2D eigenvalue weighted by Gasteiger charge is 2.31. The van der Waals surface area contributed by atoms with Gasteiger partial charge in [0, 0.05) is 31.6 Å². The summed E-state index contributed by atoms with van der Waals surface area (Å²) in [5, 5.41) is 21.4. The molecular weight excluding hydrogens is 444 g/mol. The number of methoxy groups -OCH3 is 1. The zero-order chi connectivity index (χ0) is 24.8. The molecular formula is C27H32N4O4. The van der Waals surface area contributed by atoms with Crippen LogP contribution < -0.4 is 4.74 Å². The number of pyridine rings is 1. The van der Waals surface area contributed by atoms with Gasteiger partial charge in [0.15, 0.2) is 0 Å². The minimum atomic E-state index is -0.782. The van der Waals surface area contributed by atoms with E-state index < -0.39 is 12.1 Å². The lowest BCUT2D eigenvalue weighted by atomic mass is 9.79. The second-order valence-electron chi connectivity index (χ2n) is 9.21. The Kier molecular flexibility index (Phi) is 8.01. The van der Waals surface area contributed by atoms with E-state index in [0.717, 1.165) is 47.3 Å². The number of benzene rings is 1. The van der Waals surface area contributed by atoms with Gasteiger partial charge in [-0.15, -0.1) is 0 Å². The fraction of sp³-hybridized carbons (Fsp3) is 0.444. The smallest absolute Gasteiger partial charge is 0.303 e. The second-order valence-corrected chi connectivity index (χ2v) is 9.21. The first-order chi connectivity index (χ1) is 16.9. The monoisotopic (exact) mass is 476 g/mol.